The number of fused-ring (bicyclic) bond motifs is 1. The van der Waals surface area contributed by atoms with Crippen molar-refractivity contribution in [3.8, 4) is 17.2 Å². The number of methoxy groups -OCH3 is 2. The van der Waals surface area contributed by atoms with E-state index >= 15 is 0 Å². The second-order valence-corrected chi connectivity index (χ2v) is 4.26. The summed E-state index contributed by atoms with van der Waals surface area (Å²) in [7, 11) is 3.24. The molecule has 0 spiro atoms. The van der Waals surface area contributed by atoms with E-state index in [2.05, 4.69) is 0 Å². The van der Waals surface area contributed by atoms with Gasteiger partial charge in [-0.05, 0) is 32.1 Å². The summed E-state index contributed by atoms with van der Waals surface area (Å²) in [5.74, 6) is 2.08. The molecule has 16 heavy (non-hydrogen) atoms. The molecule has 1 aromatic rings. The molecule has 0 saturated heterocycles. The van der Waals surface area contributed by atoms with Gasteiger partial charge in [0.15, 0.2) is 11.5 Å². The van der Waals surface area contributed by atoms with Crippen LogP contribution in [0.3, 0.4) is 0 Å². The third-order valence-corrected chi connectivity index (χ3v) is 2.56. The Balaban J connectivity index is 2.56. The summed E-state index contributed by atoms with van der Waals surface area (Å²) in [5.41, 5.74) is 0.698. The molecule has 1 aliphatic rings. The maximum atomic E-state index is 5.89. The largest absolute Gasteiger partial charge is 0.493 e. The Morgan fingerprint density at radius 3 is 2.50 bits per heavy atom. The van der Waals surface area contributed by atoms with Crippen molar-refractivity contribution in [1.82, 2.24) is 0 Å². The van der Waals surface area contributed by atoms with Crippen LogP contribution < -0.4 is 14.2 Å². The highest BCUT2D eigenvalue weighted by molar-refractivity contribution is 5.68. The van der Waals surface area contributed by atoms with Crippen molar-refractivity contribution in [2.45, 2.75) is 19.4 Å². The highest BCUT2D eigenvalue weighted by Crippen LogP contribution is 2.44. The summed E-state index contributed by atoms with van der Waals surface area (Å²) in [5, 5.41) is 0. The Bertz CT molecular complexity index is 433. The van der Waals surface area contributed by atoms with Gasteiger partial charge in [0.1, 0.15) is 5.60 Å². The van der Waals surface area contributed by atoms with Crippen LogP contribution in [0.2, 0.25) is 0 Å². The summed E-state index contributed by atoms with van der Waals surface area (Å²) < 4.78 is 16.5. The molecule has 3 heteroatoms. The zero-order valence-electron chi connectivity index (χ0n) is 10.0. The van der Waals surface area contributed by atoms with E-state index in [0.29, 0.717) is 11.5 Å². The number of rotatable bonds is 2. The molecule has 0 radical (unpaired) electrons. The van der Waals surface area contributed by atoms with E-state index in [4.69, 9.17) is 14.2 Å². The summed E-state index contributed by atoms with van der Waals surface area (Å²) in [6.07, 6.45) is 4.07. The van der Waals surface area contributed by atoms with E-state index in [9.17, 15) is 0 Å². The van der Waals surface area contributed by atoms with Crippen molar-refractivity contribution in [3.05, 3.63) is 23.8 Å². The zero-order chi connectivity index (χ0) is 11.8. The minimum Gasteiger partial charge on any atom is -0.493 e. The normalized spacial score (nSPS) is 16.2. The Hall–Kier alpha value is -1.64. The van der Waals surface area contributed by atoms with Gasteiger partial charge in [-0.25, -0.2) is 0 Å². The summed E-state index contributed by atoms with van der Waals surface area (Å²) >= 11 is 0. The van der Waals surface area contributed by atoms with Gasteiger partial charge in [0, 0.05) is 5.56 Å². The number of ether oxygens (including phenoxy) is 3. The lowest BCUT2D eigenvalue weighted by Gasteiger charge is -2.29. The molecular weight excluding hydrogens is 204 g/mol. The van der Waals surface area contributed by atoms with Gasteiger partial charge >= 0.3 is 0 Å². The van der Waals surface area contributed by atoms with E-state index in [-0.39, 0.29) is 5.60 Å². The molecule has 1 aromatic carbocycles. The molecule has 0 aliphatic carbocycles. The van der Waals surface area contributed by atoms with Gasteiger partial charge in [-0.2, -0.15) is 0 Å². The quantitative estimate of drug-likeness (QED) is 0.767. The summed E-state index contributed by atoms with van der Waals surface area (Å²) in [4.78, 5) is 0. The summed E-state index contributed by atoms with van der Waals surface area (Å²) in [6.45, 7) is 4.01. The highest BCUT2D eigenvalue weighted by Gasteiger charge is 2.26. The van der Waals surface area contributed by atoms with E-state index in [0.717, 1.165) is 11.3 Å². The van der Waals surface area contributed by atoms with Crippen LogP contribution in [-0.2, 0) is 0 Å². The van der Waals surface area contributed by atoms with Gasteiger partial charge in [0.25, 0.3) is 0 Å². The molecule has 0 aromatic heterocycles. The third kappa shape index (κ3) is 1.73. The molecule has 0 unspecified atom stereocenters. The maximum Gasteiger partial charge on any atom is 0.203 e. The molecule has 0 fully saturated rings. The van der Waals surface area contributed by atoms with Gasteiger partial charge in [-0.1, -0.05) is 6.08 Å². The second kappa shape index (κ2) is 3.74. The fraction of sp³-hybridized carbons (Fsp3) is 0.385. The fourth-order valence-electron chi connectivity index (χ4n) is 1.74. The molecule has 0 bridgehead atoms. The molecule has 0 saturated carbocycles. The average molecular weight is 220 g/mol. The van der Waals surface area contributed by atoms with Crippen LogP contribution >= 0.6 is 0 Å². The molecule has 2 rings (SSSR count). The van der Waals surface area contributed by atoms with E-state index < -0.39 is 0 Å². The van der Waals surface area contributed by atoms with Crippen molar-refractivity contribution in [2.24, 2.45) is 0 Å². The summed E-state index contributed by atoms with van der Waals surface area (Å²) in [6, 6.07) is 3.84. The minimum atomic E-state index is -0.313. The van der Waals surface area contributed by atoms with Gasteiger partial charge in [-0.15, -0.1) is 0 Å². The first-order valence-corrected chi connectivity index (χ1v) is 5.20. The maximum absolute atomic E-state index is 5.89. The molecule has 86 valence electrons. The van der Waals surface area contributed by atoms with Gasteiger partial charge < -0.3 is 14.2 Å². The van der Waals surface area contributed by atoms with Crippen molar-refractivity contribution in [1.29, 1.82) is 0 Å². The van der Waals surface area contributed by atoms with Crippen LogP contribution in [0.5, 0.6) is 17.2 Å². The number of hydrogen-bond acceptors (Lipinski definition) is 3. The van der Waals surface area contributed by atoms with Crippen molar-refractivity contribution < 1.29 is 14.2 Å². The Kier molecular flexibility index (Phi) is 2.54. The van der Waals surface area contributed by atoms with Crippen molar-refractivity contribution in [3.63, 3.8) is 0 Å². The van der Waals surface area contributed by atoms with Crippen LogP contribution in [0.15, 0.2) is 18.2 Å². The number of benzene rings is 1. The molecule has 3 nitrogen and oxygen atoms in total. The van der Waals surface area contributed by atoms with E-state index in [1.807, 2.05) is 38.1 Å². The first-order chi connectivity index (χ1) is 7.57. The van der Waals surface area contributed by atoms with Crippen molar-refractivity contribution >= 4 is 6.08 Å². The highest BCUT2D eigenvalue weighted by atomic mass is 16.5. The molecule has 1 aliphatic heterocycles. The predicted molar refractivity (Wildman–Crippen MR) is 63.3 cm³/mol. The molecule has 0 amide bonds. The van der Waals surface area contributed by atoms with Crippen LogP contribution in [-0.4, -0.2) is 19.8 Å². The predicted octanol–water partition coefficient (Wildman–Crippen LogP) is 2.89. The van der Waals surface area contributed by atoms with Gasteiger partial charge in [0.2, 0.25) is 5.75 Å². The zero-order valence-corrected chi connectivity index (χ0v) is 10.0. The lowest BCUT2D eigenvalue weighted by Crippen LogP contribution is -2.27. The Labute approximate surface area is 95.6 Å². The van der Waals surface area contributed by atoms with E-state index in [1.165, 1.54) is 0 Å². The van der Waals surface area contributed by atoms with E-state index in [1.54, 1.807) is 14.2 Å². The smallest absolute Gasteiger partial charge is 0.203 e. The first kappa shape index (κ1) is 10.9. The van der Waals surface area contributed by atoms with Crippen LogP contribution in [0.4, 0.5) is 0 Å². The van der Waals surface area contributed by atoms with Crippen LogP contribution in [0.25, 0.3) is 6.08 Å². The van der Waals surface area contributed by atoms with Crippen LogP contribution in [0, 0.1) is 0 Å². The molecular formula is C13H16O3. The fourth-order valence-corrected chi connectivity index (χ4v) is 1.74. The molecule has 0 N–H and O–H groups in total. The number of hydrogen-bond donors (Lipinski definition) is 0. The average Bonchev–Trinajstić information content (AvgIpc) is 2.26. The van der Waals surface area contributed by atoms with Gasteiger partial charge in [-0.3, -0.25) is 0 Å². The monoisotopic (exact) mass is 220 g/mol. The molecule has 0 atom stereocenters. The lowest BCUT2D eigenvalue weighted by molar-refractivity contribution is 0.151. The Morgan fingerprint density at radius 1 is 1.12 bits per heavy atom. The van der Waals surface area contributed by atoms with Crippen molar-refractivity contribution in [2.75, 3.05) is 14.2 Å². The Morgan fingerprint density at radius 2 is 1.88 bits per heavy atom. The second-order valence-electron chi connectivity index (χ2n) is 4.26. The standard InChI is InChI=1S/C13H16O3/c1-13(2)8-7-9-5-6-10(14-3)12(15-4)11(9)16-13/h5-8H,1-4H3. The molecule has 1 heterocycles. The minimum absolute atomic E-state index is 0.313. The first-order valence-electron chi connectivity index (χ1n) is 5.20. The third-order valence-electron chi connectivity index (χ3n) is 2.56. The topological polar surface area (TPSA) is 27.7 Å². The lowest BCUT2D eigenvalue weighted by atomic mass is 10.0. The van der Waals surface area contributed by atoms with Crippen LogP contribution in [0.1, 0.15) is 19.4 Å². The van der Waals surface area contributed by atoms with Gasteiger partial charge in [0.05, 0.1) is 14.2 Å². The SMILES string of the molecule is COc1ccc2c(c1OC)OC(C)(C)C=C2.